The maximum Gasteiger partial charge on any atom is 0.315 e. The molecule has 1 fully saturated rings. The summed E-state index contributed by atoms with van der Waals surface area (Å²) in [5.74, 6) is -0.466. The van der Waals surface area contributed by atoms with Crippen LogP contribution < -0.4 is 15.2 Å². The molecule has 0 aromatic heterocycles. The zero-order chi connectivity index (χ0) is 17.7. The molecule has 2 atom stereocenters. The quantitative estimate of drug-likeness (QED) is 0.848. The highest BCUT2D eigenvalue weighted by atomic mass is 16.5. The van der Waals surface area contributed by atoms with E-state index in [0.717, 1.165) is 5.56 Å². The molecule has 0 bridgehead atoms. The van der Waals surface area contributed by atoms with Gasteiger partial charge in [0.1, 0.15) is 12.0 Å². The van der Waals surface area contributed by atoms with Gasteiger partial charge in [0.2, 0.25) is 5.91 Å². The zero-order valence-corrected chi connectivity index (χ0v) is 14.0. The summed E-state index contributed by atoms with van der Waals surface area (Å²) in [5.41, 5.74) is 4.46. The molecule has 2 aliphatic heterocycles. The van der Waals surface area contributed by atoms with E-state index in [1.54, 1.807) is 33.1 Å². The van der Waals surface area contributed by atoms with Gasteiger partial charge in [0, 0.05) is 24.6 Å². The van der Waals surface area contributed by atoms with Crippen molar-refractivity contribution in [1.82, 2.24) is 4.90 Å². The summed E-state index contributed by atoms with van der Waals surface area (Å²) >= 11 is 0. The Balaban J connectivity index is 2.05. The number of likely N-dealkylation sites (tertiary alicyclic amines) is 1. The van der Waals surface area contributed by atoms with Crippen LogP contribution in [0.25, 0.3) is 0 Å². The van der Waals surface area contributed by atoms with E-state index in [4.69, 9.17) is 15.2 Å². The predicted octanol–water partition coefficient (Wildman–Crippen LogP) is 0.822. The van der Waals surface area contributed by atoms with Crippen molar-refractivity contribution < 1.29 is 24.2 Å². The van der Waals surface area contributed by atoms with Crippen molar-refractivity contribution in [1.29, 1.82) is 0 Å². The average molecular weight is 334 g/mol. The molecule has 0 aliphatic carbocycles. The third-order valence-electron chi connectivity index (χ3n) is 4.89. The Morgan fingerprint density at radius 1 is 1.46 bits per heavy atom. The maximum absolute atomic E-state index is 12.6. The van der Waals surface area contributed by atoms with Crippen LogP contribution in [-0.2, 0) is 9.59 Å². The molecule has 2 aliphatic rings. The van der Waals surface area contributed by atoms with Gasteiger partial charge in [0.25, 0.3) is 0 Å². The van der Waals surface area contributed by atoms with Crippen molar-refractivity contribution >= 4 is 11.9 Å². The minimum Gasteiger partial charge on any atom is -0.493 e. The number of methoxy groups -OCH3 is 1. The molecule has 1 aromatic carbocycles. The van der Waals surface area contributed by atoms with Gasteiger partial charge < -0.3 is 25.2 Å². The first kappa shape index (κ1) is 16.6. The molecule has 0 radical (unpaired) electrons. The van der Waals surface area contributed by atoms with E-state index < -0.39 is 16.9 Å². The summed E-state index contributed by atoms with van der Waals surface area (Å²) in [6, 6.07) is 5.41. The highest BCUT2D eigenvalue weighted by Crippen LogP contribution is 2.52. The molecule has 130 valence electrons. The number of carboxylic acids is 1. The SMILES string of the molecule is COc1cccc2c1OC[C@]1(C(=O)O)CN(C(=O)C(C)(C)N)C[C@H]21. The van der Waals surface area contributed by atoms with Crippen LogP contribution >= 0.6 is 0 Å². The highest BCUT2D eigenvalue weighted by Gasteiger charge is 2.58. The Bertz CT molecular complexity index is 697. The van der Waals surface area contributed by atoms with Gasteiger partial charge in [-0.15, -0.1) is 0 Å². The van der Waals surface area contributed by atoms with Crippen LogP contribution in [0.1, 0.15) is 25.3 Å². The molecule has 0 spiro atoms. The van der Waals surface area contributed by atoms with Crippen LogP contribution in [0.4, 0.5) is 0 Å². The lowest BCUT2D eigenvalue weighted by Crippen LogP contribution is -2.52. The topological polar surface area (TPSA) is 102 Å². The number of aliphatic carboxylic acids is 1. The Morgan fingerprint density at radius 3 is 2.75 bits per heavy atom. The van der Waals surface area contributed by atoms with E-state index in [0.29, 0.717) is 18.0 Å². The van der Waals surface area contributed by atoms with Crippen LogP contribution in [0.2, 0.25) is 0 Å². The average Bonchev–Trinajstić information content (AvgIpc) is 2.93. The monoisotopic (exact) mass is 334 g/mol. The van der Waals surface area contributed by atoms with Crippen molar-refractivity contribution in [2.24, 2.45) is 11.1 Å². The van der Waals surface area contributed by atoms with E-state index in [2.05, 4.69) is 0 Å². The first-order valence-corrected chi connectivity index (χ1v) is 7.82. The lowest BCUT2D eigenvalue weighted by Gasteiger charge is -2.36. The molecular weight excluding hydrogens is 312 g/mol. The van der Waals surface area contributed by atoms with Crippen molar-refractivity contribution in [3.8, 4) is 11.5 Å². The first-order valence-electron chi connectivity index (χ1n) is 7.82. The Labute approximate surface area is 140 Å². The summed E-state index contributed by atoms with van der Waals surface area (Å²) in [5, 5.41) is 9.87. The first-order chi connectivity index (χ1) is 11.2. The van der Waals surface area contributed by atoms with Gasteiger partial charge in [-0.3, -0.25) is 9.59 Å². The van der Waals surface area contributed by atoms with Crippen molar-refractivity contribution in [2.75, 3.05) is 26.8 Å². The largest absolute Gasteiger partial charge is 0.493 e. The fourth-order valence-electron chi connectivity index (χ4n) is 3.62. The predicted molar refractivity (Wildman–Crippen MR) is 86.1 cm³/mol. The zero-order valence-electron chi connectivity index (χ0n) is 14.0. The highest BCUT2D eigenvalue weighted by molar-refractivity contribution is 5.88. The molecule has 1 amide bonds. The molecule has 1 aromatic rings. The standard InChI is InChI=1S/C17H22N2O5/c1-16(2,18)14(20)19-7-11-10-5-4-6-12(23-3)13(10)24-9-17(11,8-19)15(21)22/h4-6,11H,7-9,18H2,1-3H3,(H,21,22)/t11-,17-/m1/s1. The normalized spacial score (nSPS) is 25.5. The maximum atomic E-state index is 12.6. The number of rotatable bonds is 3. The summed E-state index contributed by atoms with van der Waals surface area (Å²) in [7, 11) is 1.54. The van der Waals surface area contributed by atoms with E-state index in [-0.39, 0.29) is 25.0 Å². The van der Waals surface area contributed by atoms with E-state index >= 15 is 0 Å². The second-order valence-electron chi connectivity index (χ2n) is 7.09. The fourth-order valence-corrected chi connectivity index (χ4v) is 3.62. The van der Waals surface area contributed by atoms with Gasteiger partial charge in [-0.05, 0) is 19.9 Å². The summed E-state index contributed by atoms with van der Waals surface area (Å²) in [6.45, 7) is 3.63. The van der Waals surface area contributed by atoms with Crippen molar-refractivity contribution in [2.45, 2.75) is 25.3 Å². The Kier molecular flexibility index (Phi) is 3.71. The second-order valence-corrected chi connectivity index (χ2v) is 7.09. The van der Waals surface area contributed by atoms with Crippen molar-refractivity contribution in [3.05, 3.63) is 23.8 Å². The van der Waals surface area contributed by atoms with Crippen LogP contribution in [-0.4, -0.2) is 54.2 Å². The molecule has 1 saturated heterocycles. The number of ether oxygens (including phenoxy) is 2. The molecule has 0 saturated carbocycles. The van der Waals surface area contributed by atoms with Crippen LogP contribution in [0.5, 0.6) is 11.5 Å². The molecule has 2 heterocycles. The Hall–Kier alpha value is -2.28. The number of carbonyl (C=O) groups is 2. The smallest absolute Gasteiger partial charge is 0.315 e. The van der Waals surface area contributed by atoms with E-state index in [9.17, 15) is 14.7 Å². The fraction of sp³-hybridized carbons (Fsp3) is 0.529. The summed E-state index contributed by atoms with van der Waals surface area (Å²) in [6.07, 6.45) is 0. The van der Waals surface area contributed by atoms with Crippen LogP contribution in [0.3, 0.4) is 0 Å². The number of para-hydroxylation sites is 1. The summed E-state index contributed by atoms with van der Waals surface area (Å²) < 4.78 is 11.1. The summed E-state index contributed by atoms with van der Waals surface area (Å²) in [4.78, 5) is 26.2. The lowest BCUT2D eigenvalue weighted by atomic mass is 9.73. The molecule has 24 heavy (non-hydrogen) atoms. The van der Waals surface area contributed by atoms with E-state index in [1.165, 1.54) is 4.90 Å². The minimum atomic E-state index is -1.17. The number of amides is 1. The Morgan fingerprint density at radius 2 is 2.17 bits per heavy atom. The molecule has 3 N–H and O–H groups in total. The van der Waals surface area contributed by atoms with Gasteiger partial charge in [-0.1, -0.05) is 12.1 Å². The number of benzene rings is 1. The number of hydrogen-bond acceptors (Lipinski definition) is 5. The molecule has 7 nitrogen and oxygen atoms in total. The number of carboxylic acid groups (broad SMARTS) is 1. The number of hydrogen-bond donors (Lipinski definition) is 2. The minimum absolute atomic E-state index is 0.00481. The van der Waals surface area contributed by atoms with Crippen LogP contribution in [0, 0.1) is 5.41 Å². The van der Waals surface area contributed by atoms with E-state index in [1.807, 2.05) is 6.07 Å². The van der Waals surface area contributed by atoms with Gasteiger partial charge in [0.05, 0.1) is 12.6 Å². The number of nitrogens with zero attached hydrogens (tertiary/aromatic N) is 1. The lowest BCUT2D eigenvalue weighted by molar-refractivity contribution is -0.152. The molecule has 3 rings (SSSR count). The van der Waals surface area contributed by atoms with Gasteiger partial charge in [-0.25, -0.2) is 0 Å². The number of fused-ring (bicyclic) bond motifs is 3. The van der Waals surface area contributed by atoms with Gasteiger partial charge in [0.15, 0.2) is 11.5 Å². The number of carbonyl (C=O) groups excluding carboxylic acids is 1. The third-order valence-corrected chi connectivity index (χ3v) is 4.89. The third kappa shape index (κ3) is 2.31. The molecule has 7 heteroatoms. The number of nitrogens with two attached hydrogens (primary N) is 1. The van der Waals surface area contributed by atoms with Crippen molar-refractivity contribution in [3.63, 3.8) is 0 Å². The molecule has 0 unspecified atom stereocenters. The van der Waals surface area contributed by atoms with Crippen LogP contribution in [0.15, 0.2) is 18.2 Å². The molecular formula is C17H22N2O5. The van der Waals surface area contributed by atoms with Gasteiger partial charge >= 0.3 is 5.97 Å². The second kappa shape index (κ2) is 5.37. The van der Waals surface area contributed by atoms with Gasteiger partial charge in [-0.2, -0.15) is 0 Å².